The van der Waals surface area contributed by atoms with Gasteiger partial charge in [-0.3, -0.25) is 4.79 Å². The molecule has 0 atom stereocenters. The van der Waals surface area contributed by atoms with E-state index in [1.807, 2.05) is 0 Å². The van der Waals surface area contributed by atoms with Crippen molar-refractivity contribution in [3.8, 4) is 0 Å². The molecule has 28 heavy (non-hydrogen) atoms. The minimum absolute atomic E-state index is 0.00664. The van der Waals surface area contributed by atoms with Gasteiger partial charge in [-0.05, 0) is 61.7 Å². The first kappa shape index (κ1) is 20.5. The van der Waals surface area contributed by atoms with E-state index in [1.165, 1.54) is 34.6 Å². The fourth-order valence-electron chi connectivity index (χ4n) is 2.99. The zero-order chi connectivity index (χ0) is 20.5. The first-order valence-electron chi connectivity index (χ1n) is 9.29. The van der Waals surface area contributed by atoms with Gasteiger partial charge >= 0.3 is 0 Å². The molecule has 0 saturated carbocycles. The molecule has 0 fully saturated rings. The van der Waals surface area contributed by atoms with E-state index >= 15 is 0 Å². The van der Waals surface area contributed by atoms with Crippen molar-refractivity contribution in [3.05, 3.63) is 57.9 Å². The van der Waals surface area contributed by atoms with Crippen LogP contribution in [0.4, 0.5) is 0 Å². The lowest BCUT2D eigenvalue weighted by atomic mass is 10.1. The Kier molecular flexibility index (Phi) is 5.86. The molecule has 1 aromatic heterocycles. The van der Waals surface area contributed by atoms with Gasteiger partial charge in [0, 0.05) is 12.1 Å². The topological polar surface area (TPSA) is 68.5 Å². The lowest BCUT2D eigenvalue weighted by molar-refractivity contribution is 0.0997. The molecular formula is C21H24N2O3S2. The second kappa shape index (κ2) is 8.01. The highest BCUT2D eigenvalue weighted by Gasteiger charge is 2.15. The molecule has 7 heteroatoms. The lowest BCUT2D eigenvalue weighted by Crippen LogP contribution is -2.17. The van der Waals surface area contributed by atoms with Crippen molar-refractivity contribution in [2.75, 3.05) is 5.75 Å². The van der Waals surface area contributed by atoms with Crippen LogP contribution in [0.25, 0.3) is 10.2 Å². The number of carbonyl (C=O) groups excluding carboxylic acids is 1. The monoisotopic (exact) mass is 416 g/mol. The summed E-state index contributed by atoms with van der Waals surface area (Å²) in [5.74, 6) is -0.439. The minimum Gasteiger partial charge on any atom is -0.316 e. The molecule has 1 amide bonds. The van der Waals surface area contributed by atoms with Crippen LogP contribution in [0.15, 0.2) is 46.3 Å². The van der Waals surface area contributed by atoms with Gasteiger partial charge in [0.15, 0.2) is 14.6 Å². The Morgan fingerprint density at radius 2 is 1.82 bits per heavy atom. The number of aryl methyl sites for hydroxylation is 3. The molecule has 148 valence electrons. The Bertz CT molecular complexity index is 1220. The average Bonchev–Trinajstić information content (AvgIpc) is 2.99. The van der Waals surface area contributed by atoms with Gasteiger partial charge in [0.05, 0.1) is 20.9 Å². The summed E-state index contributed by atoms with van der Waals surface area (Å²) in [5, 5.41) is 0. The van der Waals surface area contributed by atoms with Gasteiger partial charge in [-0.15, -0.1) is 0 Å². The zero-order valence-electron chi connectivity index (χ0n) is 16.5. The second-order valence-electron chi connectivity index (χ2n) is 6.79. The van der Waals surface area contributed by atoms with E-state index in [9.17, 15) is 13.2 Å². The van der Waals surface area contributed by atoms with Gasteiger partial charge < -0.3 is 4.57 Å². The van der Waals surface area contributed by atoms with Crippen molar-refractivity contribution in [2.45, 2.75) is 45.6 Å². The van der Waals surface area contributed by atoms with Gasteiger partial charge in [-0.2, -0.15) is 4.99 Å². The molecule has 0 spiro atoms. The normalized spacial score (nSPS) is 12.6. The number of sulfone groups is 1. The SMILES string of the molecule is CCCn1c(=NC(=O)c2cccc(S(=O)(=O)CC)c2)sc2cc(C)c(C)cc21. The quantitative estimate of drug-likeness (QED) is 0.624. The number of fused-ring (bicyclic) bond motifs is 1. The lowest BCUT2D eigenvalue weighted by Gasteiger charge is -2.05. The van der Waals surface area contributed by atoms with Crippen molar-refractivity contribution >= 4 is 37.3 Å². The number of hydrogen-bond acceptors (Lipinski definition) is 4. The molecule has 1 heterocycles. The first-order chi connectivity index (χ1) is 13.3. The van der Waals surface area contributed by atoms with Gasteiger partial charge in [0.25, 0.3) is 5.91 Å². The molecule has 2 aromatic carbocycles. The predicted octanol–water partition coefficient (Wildman–Crippen LogP) is 4.26. The van der Waals surface area contributed by atoms with Gasteiger partial charge in [0.1, 0.15) is 0 Å². The van der Waals surface area contributed by atoms with Crippen LogP contribution in [0.3, 0.4) is 0 Å². The summed E-state index contributed by atoms with van der Waals surface area (Å²) in [7, 11) is -3.37. The van der Waals surface area contributed by atoms with Crippen LogP contribution in [-0.2, 0) is 16.4 Å². The highest BCUT2D eigenvalue weighted by atomic mass is 32.2. The Balaban J connectivity index is 2.13. The fourth-order valence-corrected chi connectivity index (χ4v) is 5.05. The van der Waals surface area contributed by atoms with Crippen molar-refractivity contribution < 1.29 is 13.2 Å². The van der Waals surface area contributed by atoms with Crippen LogP contribution < -0.4 is 4.80 Å². The number of carbonyl (C=O) groups is 1. The van der Waals surface area contributed by atoms with E-state index in [-0.39, 0.29) is 16.2 Å². The van der Waals surface area contributed by atoms with Gasteiger partial charge in [-0.1, -0.05) is 31.3 Å². The van der Waals surface area contributed by atoms with Crippen molar-refractivity contribution in [3.63, 3.8) is 0 Å². The molecule has 0 unspecified atom stereocenters. The predicted molar refractivity (Wildman–Crippen MR) is 114 cm³/mol. The van der Waals surface area contributed by atoms with E-state index in [2.05, 4.69) is 42.5 Å². The maximum Gasteiger partial charge on any atom is 0.279 e. The highest BCUT2D eigenvalue weighted by Crippen LogP contribution is 2.22. The Hall–Kier alpha value is -2.25. The summed E-state index contributed by atoms with van der Waals surface area (Å²) in [6, 6.07) is 10.4. The maximum absolute atomic E-state index is 12.8. The molecule has 0 radical (unpaired) electrons. The van der Waals surface area contributed by atoms with Crippen LogP contribution in [-0.4, -0.2) is 24.6 Å². The number of amides is 1. The van der Waals surface area contributed by atoms with E-state index in [0.29, 0.717) is 4.80 Å². The maximum atomic E-state index is 12.8. The fraction of sp³-hybridized carbons (Fsp3) is 0.333. The third-order valence-corrected chi connectivity index (χ3v) is 7.54. The Morgan fingerprint density at radius 3 is 2.50 bits per heavy atom. The zero-order valence-corrected chi connectivity index (χ0v) is 18.2. The molecule has 3 aromatic rings. The third kappa shape index (κ3) is 3.95. The molecule has 0 saturated heterocycles. The molecule has 0 bridgehead atoms. The number of nitrogens with zero attached hydrogens (tertiary/aromatic N) is 2. The molecular weight excluding hydrogens is 392 g/mol. The van der Waals surface area contributed by atoms with Gasteiger partial charge in [0.2, 0.25) is 0 Å². The van der Waals surface area contributed by atoms with Crippen molar-refractivity contribution in [1.29, 1.82) is 0 Å². The number of aromatic nitrogens is 1. The molecule has 0 N–H and O–H groups in total. The molecule has 0 aliphatic rings. The van der Waals surface area contributed by atoms with E-state index in [0.717, 1.165) is 23.2 Å². The van der Waals surface area contributed by atoms with E-state index in [4.69, 9.17) is 0 Å². The smallest absolute Gasteiger partial charge is 0.279 e. The summed E-state index contributed by atoms with van der Waals surface area (Å²) in [5.41, 5.74) is 3.75. The van der Waals surface area contributed by atoms with E-state index < -0.39 is 15.7 Å². The van der Waals surface area contributed by atoms with Crippen LogP contribution in [0.1, 0.15) is 41.8 Å². The molecule has 0 aliphatic heterocycles. The summed E-state index contributed by atoms with van der Waals surface area (Å²) in [6.07, 6.45) is 0.921. The summed E-state index contributed by atoms with van der Waals surface area (Å²) in [6.45, 7) is 8.58. The van der Waals surface area contributed by atoms with Crippen molar-refractivity contribution in [1.82, 2.24) is 4.57 Å². The summed E-state index contributed by atoms with van der Waals surface area (Å²) in [4.78, 5) is 17.9. The summed E-state index contributed by atoms with van der Waals surface area (Å²) >= 11 is 1.48. The summed E-state index contributed by atoms with van der Waals surface area (Å²) < 4.78 is 27.4. The van der Waals surface area contributed by atoms with E-state index in [1.54, 1.807) is 19.1 Å². The largest absolute Gasteiger partial charge is 0.316 e. The average molecular weight is 417 g/mol. The van der Waals surface area contributed by atoms with Crippen LogP contribution in [0.5, 0.6) is 0 Å². The molecule has 0 aliphatic carbocycles. The molecule has 3 rings (SSSR count). The number of rotatable bonds is 5. The second-order valence-corrected chi connectivity index (χ2v) is 10.1. The van der Waals surface area contributed by atoms with Crippen molar-refractivity contribution in [2.24, 2.45) is 4.99 Å². The van der Waals surface area contributed by atoms with Gasteiger partial charge in [-0.25, -0.2) is 8.42 Å². The number of hydrogen-bond donors (Lipinski definition) is 0. The number of thiazole rings is 1. The van der Waals surface area contributed by atoms with Crippen LogP contribution >= 0.6 is 11.3 Å². The molecule has 5 nitrogen and oxygen atoms in total. The number of benzene rings is 2. The van der Waals surface area contributed by atoms with Crippen LogP contribution in [0.2, 0.25) is 0 Å². The minimum atomic E-state index is -3.37. The Morgan fingerprint density at radius 1 is 1.11 bits per heavy atom. The Labute approximate surface area is 169 Å². The highest BCUT2D eigenvalue weighted by molar-refractivity contribution is 7.91. The first-order valence-corrected chi connectivity index (χ1v) is 11.8. The third-order valence-electron chi connectivity index (χ3n) is 4.76. The van der Waals surface area contributed by atoms with Crippen LogP contribution in [0, 0.1) is 13.8 Å². The standard InChI is InChI=1S/C21H24N2O3S2/c1-5-10-23-18-11-14(3)15(4)12-19(18)27-21(23)22-20(24)16-8-7-9-17(13-16)28(25,26)6-2/h7-9,11-13H,5-6,10H2,1-4H3.